The Hall–Kier alpha value is -2.17. The molecule has 0 aliphatic heterocycles. The number of carbonyl (C=O) groups excluding carboxylic acids is 1. The van der Waals surface area contributed by atoms with Crippen LogP contribution in [0.15, 0.2) is 24.8 Å². The molecule has 0 N–H and O–H groups in total. The number of rotatable bonds is 3. The van der Waals surface area contributed by atoms with Crippen LogP contribution >= 0.6 is 0 Å². The van der Waals surface area contributed by atoms with Crippen molar-refractivity contribution < 1.29 is 14.5 Å². The molecule has 0 aliphatic carbocycles. The Morgan fingerprint density at radius 3 is 2.50 bits per heavy atom. The van der Waals surface area contributed by atoms with Gasteiger partial charge in [0.2, 0.25) is 0 Å². The average molecular weight is 249 g/mol. The lowest BCUT2D eigenvalue weighted by molar-refractivity contribution is -0.384. The second-order valence-corrected chi connectivity index (χ2v) is 4.73. The molecule has 0 atom stereocenters. The van der Waals surface area contributed by atoms with Crippen LogP contribution in [0.3, 0.4) is 0 Å². The summed E-state index contributed by atoms with van der Waals surface area (Å²) in [4.78, 5) is 22.0. The molecule has 18 heavy (non-hydrogen) atoms. The predicted octanol–water partition coefficient (Wildman–Crippen LogP) is 3.19. The van der Waals surface area contributed by atoms with Crippen molar-refractivity contribution in [3.63, 3.8) is 0 Å². The standard InChI is InChI=1S/C13H15NO4/c1-5-9-8-10(14(16)17)6-7-11(9)12(15)18-13(2,3)4/h5-8H,1H2,2-4H3. The molecule has 0 bridgehead atoms. The Morgan fingerprint density at radius 1 is 1.44 bits per heavy atom. The zero-order valence-corrected chi connectivity index (χ0v) is 10.6. The molecule has 1 aromatic carbocycles. The van der Waals surface area contributed by atoms with Gasteiger partial charge < -0.3 is 4.74 Å². The zero-order chi connectivity index (χ0) is 13.9. The molecule has 1 aromatic rings. The Balaban J connectivity index is 3.14. The van der Waals surface area contributed by atoms with E-state index in [2.05, 4.69) is 6.58 Å². The van der Waals surface area contributed by atoms with E-state index < -0.39 is 16.5 Å². The van der Waals surface area contributed by atoms with Gasteiger partial charge in [-0.1, -0.05) is 12.7 Å². The maximum Gasteiger partial charge on any atom is 0.339 e. The summed E-state index contributed by atoms with van der Waals surface area (Å²) in [7, 11) is 0. The lowest BCUT2D eigenvalue weighted by Gasteiger charge is -2.20. The van der Waals surface area contributed by atoms with Crippen LogP contribution in [0.25, 0.3) is 6.08 Å². The molecule has 5 nitrogen and oxygen atoms in total. The molecule has 0 fully saturated rings. The first-order valence-corrected chi connectivity index (χ1v) is 5.39. The Kier molecular flexibility index (Phi) is 3.86. The first-order valence-electron chi connectivity index (χ1n) is 5.39. The molecule has 0 spiro atoms. The van der Waals surface area contributed by atoms with Crippen molar-refractivity contribution in [1.29, 1.82) is 0 Å². The van der Waals surface area contributed by atoms with Crippen LogP contribution in [-0.4, -0.2) is 16.5 Å². The molecule has 0 saturated heterocycles. The van der Waals surface area contributed by atoms with Gasteiger partial charge in [0, 0.05) is 12.1 Å². The van der Waals surface area contributed by atoms with E-state index in [0.717, 1.165) is 0 Å². The van der Waals surface area contributed by atoms with Crippen molar-refractivity contribution >= 4 is 17.7 Å². The van der Waals surface area contributed by atoms with Crippen LogP contribution in [0.4, 0.5) is 5.69 Å². The Morgan fingerprint density at radius 2 is 2.06 bits per heavy atom. The first-order chi connectivity index (χ1) is 8.24. The van der Waals surface area contributed by atoms with Crippen molar-refractivity contribution in [2.75, 3.05) is 0 Å². The summed E-state index contributed by atoms with van der Waals surface area (Å²) in [5.41, 5.74) is -0.0433. The molecule has 96 valence electrons. The molecule has 0 amide bonds. The number of carbonyl (C=O) groups is 1. The highest BCUT2D eigenvalue weighted by Gasteiger charge is 2.21. The van der Waals surface area contributed by atoms with Gasteiger partial charge in [0.25, 0.3) is 5.69 Å². The molecule has 5 heteroatoms. The first kappa shape index (κ1) is 13.9. The molecule has 1 rings (SSSR count). The van der Waals surface area contributed by atoms with E-state index in [0.29, 0.717) is 5.56 Å². The number of hydrogen-bond acceptors (Lipinski definition) is 4. The van der Waals surface area contributed by atoms with E-state index in [4.69, 9.17) is 4.74 Å². The van der Waals surface area contributed by atoms with Gasteiger partial charge in [0.05, 0.1) is 10.5 Å². The third kappa shape index (κ3) is 3.41. The number of hydrogen-bond donors (Lipinski definition) is 0. The number of nitrogens with zero attached hydrogens (tertiary/aromatic N) is 1. The molecule has 0 aliphatic rings. The average Bonchev–Trinajstić information content (AvgIpc) is 2.25. The summed E-state index contributed by atoms with van der Waals surface area (Å²) in [6, 6.07) is 3.95. The molecule has 0 unspecified atom stereocenters. The van der Waals surface area contributed by atoms with Crippen molar-refractivity contribution in [2.45, 2.75) is 26.4 Å². The monoisotopic (exact) mass is 249 g/mol. The second kappa shape index (κ2) is 5.00. The second-order valence-electron chi connectivity index (χ2n) is 4.73. The van der Waals surface area contributed by atoms with E-state index in [1.807, 2.05) is 0 Å². The highest BCUT2D eigenvalue weighted by atomic mass is 16.6. The molecule has 0 heterocycles. The van der Waals surface area contributed by atoms with Gasteiger partial charge in [-0.2, -0.15) is 0 Å². The third-order valence-electron chi connectivity index (χ3n) is 2.08. The fourth-order valence-electron chi connectivity index (χ4n) is 1.35. The van der Waals surface area contributed by atoms with Gasteiger partial charge in [0.1, 0.15) is 5.60 Å². The van der Waals surface area contributed by atoms with E-state index in [1.165, 1.54) is 24.3 Å². The number of esters is 1. The van der Waals surface area contributed by atoms with E-state index in [-0.39, 0.29) is 11.3 Å². The lowest BCUT2D eigenvalue weighted by atomic mass is 10.1. The topological polar surface area (TPSA) is 69.4 Å². The van der Waals surface area contributed by atoms with Crippen molar-refractivity contribution in [1.82, 2.24) is 0 Å². The summed E-state index contributed by atoms with van der Waals surface area (Å²) in [5, 5.41) is 10.6. The molecular weight excluding hydrogens is 234 g/mol. The van der Waals surface area contributed by atoms with Crippen molar-refractivity contribution in [3.8, 4) is 0 Å². The van der Waals surface area contributed by atoms with Gasteiger partial charge in [-0.15, -0.1) is 0 Å². The quantitative estimate of drug-likeness (QED) is 0.468. The Bertz CT molecular complexity index is 500. The third-order valence-corrected chi connectivity index (χ3v) is 2.08. The van der Waals surface area contributed by atoms with Gasteiger partial charge >= 0.3 is 5.97 Å². The number of nitro groups is 1. The minimum Gasteiger partial charge on any atom is -0.456 e. The SMILES string of the molecule is C=Cc1cc([N+](=O)[O-])ccc1C(=O)OC(C)(C)C. The van der Waals surface area contributed by atoms with Crippen molar-refractivity contribution in [2.24, 2.45) is 0 Å². The smallest absolute Gasteiger partial charge is 0.339 e. The van der Waals surface area contributed by atoms with Crippen LogP contribution in [0.1, 0.15) is 36.7 Å². The number of nitro benzene ring substituents is 1. The number of non-ortho nitro benzene ring substituents is 1. The van der Waals surface area contributed by atoms with Gasteiger partial charge in [-0.05, 0) is 32.4 Å². The predicted molar refractivity (Wildman–Crippen MR) is 68.4 cm³/mol. The maximum absolute atomic E-state index is 11.9. The van der Waals surface area contributed by atoms with E-state index >= 15 is 0 Å². The summed E-state index contributed by atoms with van der Waals surface area (Å²) in [6.45, 7) is 8.80. The molecule has 0 aromatic heterocycles. The van der Waals surface area contributed by atoms with Crippen molar-refractivity contribution in [3.05, 3.63) is 46.0 Å². The fourth-order valence-corrected chi connectivity index (χ4v) is 1.35. The minimum absolute atomic E-state index is 0.0859. The summed E-state index contributed by atoms with van der Waals surface area (Å²) in [5.74, 6) is -0.521. The summed E-state index contributed by atoms with van der Waals surface area (Å²) < 4.78 is 5.21. The highest BCUT2D eigenvalue weighted by molar-refractivity contribution is 5.94. The fraction of sp³-hybridized carbons (Fsp3) is 0.308. The van der Waals surface area contributed by atoms with Gasteiger partial charge in [-0.25, -0.2) is 4.79 Å². The van der Waals surface area contributed by atoms with Crippen LogP contribution in [-0.2, 0) is 4.74 Å². The largest absolute Gasteiger partial charge is 0.456 e. The van der Waals surface area contributed by atoms with Gasteiger partial charge in [-0.3, -0.25) is 10.1 Å². The minimum atomic E-state index is -0.614. The molecular formula is C13H15NO4. The van der Waals surface area contributed by atoms with Crippen LogP contribution in [0.2, 0.25) is 0 Å². The number of benzene rings is 1. The van der Waals surface area contributed by atoms with Crippen LogP contribution in [0.5, 0.6) is 0 Å². The zero-order valence-electron chi connectivity index (χ0n) is 10.6. The van der Waals surface area contributed by atoms with Crippen LogP contribution in [0, 0.1) is 10.1 Å². The Labute approximate surface area is 105 Å². The van der Waals surface area contributed by atoms with E-state index in [1.54, 1.807) is 20.8 Å². The molecule has 0 radical (unpaired) electrons. The number of ether oxygens (including phenoxy) is 1. The summed E-state index contributed by atoms with van der Waals surface area (Å²) >= 11 is 0. The summed E-state index contributed by atoms with van der Waals surface area (Å²) in [6.07, 6.45) is 1.40. The van der Waals surface area contributed by atoms with E-state index in [9.17, 15) is 14.9 Å². The maximum atomic E-state index is 11.9. The highest BCUT2D eigenvalue weighted by Crippen LogP contribution is 2.21. The van der Waals surface area contributed by atoms with Crippen LogP contribution < -0.4 is 0 Å². The van der Waals surface area contributed by atoms with Gasteiger partial charge in [0.15, 0.2) is 0 Å². The lowest BCUT2D eigenvalue weighted by Crippen LogP contribution is -2.24. The molecule has 0 saturated carbocycles. The normalized spacial score (nSPS) is 10.8.